The normalized spacial score (nSPS) is 15.7. The predicted octanol–water partition coefficient (Wildman–Crippen LogP) is 3.31. The van der Waals surface area contributed by atoms with Crippen LogP contribution in [0.1, 0.15) is 18.4 Å². The van der Waals surface area contributed by atoms with E-state index in [4.69, 9.17) is 21.1 Å². The van der Waals surface area contributed by atoms with E-state index in [9.17, 15) is 5.11 Å². The van der Waals surface area contributed by atoms with Gasteiger partial charge in [0.05, 0.1) is 6.61 Å². The summed E-state index contributed by atoms with van der Waals surface area (Å²) >= 11 is 5.67. The van der Waals surface area contributed by atoms with Gasteiger partial charge in [0.15, 0.2) is 10.9 Å². The number of nitrogens with zero attached hydrogens (tertiary/aromatic N) is 2. The molecule has 6 heteroatoms. The third-order valence-electron chi connectivity index (χ3n) is 3.65. The minimum Gasteiger partial charge on any atom is -0.503 e. The standard InChI is InChI=1S/C15H15ClN2O3/c1-20-9-15(6-7-15)10-4-2-3-5-12(10)21-14-11(19)8-13(16)17-18-14/h2-5,8H,6-7,9H2,1H3,(H,17,19). The van der Waals surface area contributed by atoms with Crippen molar-refractivity contribution in [3.8, 4) is 17.4 Å². The van der Waals surface area contributed by atoms with Crippen LogP contribution in [0.4, 0.5) is 0 Å². The Morgan fingerprint density at radius 1 is 1.29 bits per heavy atom. The molecule has 0 unspecified atom stereocenters. The average molecular weight is 307 g/mol. The Kier molecular flexibility index (Phi) is 3.69. The van der Waals surface area contributed by atoms with Crippen molar-refractivity contribution >= 4 is 11.6 Å². The van der Waals surface area contributed by atoms with Crippen LogP contribution in [0.25, 0.3) is 0 Å². The summed E-state index contributed by atoms with van der Waals surface area (Å²) in [5.74, 6) is 0.556. The van der Waals surface area contributed by atoms with Crippen LogP contribution in [0.15, 0.2) is 30.3 Å². The first-order chi connectivity index (χ1) is 10.1. The number of halogens is 1. The van der Waals surface area contributed by atoms with Crippen molar-refractivity contribution in [2.24, 2.45) is 0 Å². The van der Waals surface area contributed by atoms with E-state index < -0.39 is 0 Å². The quantitative estimate of drug-likeness (QED) is 0.918. The van der Waals surface area contributed by atoms with Gasteiger partial charge in [0.25, 0.3) is 5.88 Å². The summed E-state index contributed by atoms with van der Waals surface area (Å²) in [6.45, 7) is 0.644. The molecule has 3 rings (SSSR count). The first-order valence-corrected chi connectivity index (χ1v) is 7.01. The molecule has 1 N–H and O–H groups in total. The predicted molar refractivity (Wildman–Crippen MR) is 78.0 cm³/mol. The molecule has 0 atom stereocenters. The molecule has 1 fully saturated rings. The zero-order valence-corrected chi connectivity index (χ0v) is 12.3. The van der Waals surface area contributed by atoms with E-state index in [2.05, 4.69) is 10.2 Å². The smallest absolute Gasteiger partial charge is 0.281 e. The van der Waals surface area contributed by atoms with E-state index in [0.717, 1.165) is 18.4 Å². The van der Waals surface area contributed by atoms with Crippen LogP contribution in [-0.2, 0) is 10.2 Å². The van der Waals surface area contributed by atoms with Crippen LogP contribution in [0.2, 0.25) is 5.15 Å². The summed E-state index contributed by atoms with van der Waals surface area (Å²) < 4.78 is 11.0. The lowest BCUT2D eigenvalue weighted by Gasteiger charge is -2.18. The number of aromatic hydroxyl groups is 1. The van der Waals surface area contributed by atoms with E-state index in [1.165, 1.54) is 6.07 Å². The Balaban J connectivity index is 1.93. The van der Waals surface area contributed by atoms with Gasteiger partial charge < -0.3 is 14.6 Å². The van der Waals surface area contributed by atoms with Gasteiger partial charge in [0.1, 0.15) is 5.75 Å². The van der Waals surface area contributed by atoms with Crippen LogP contribution in [0.5, 0.6) is 17.4 Å². The Labute approximate surface area is 127 Å². The topological polar surface area (TPSA) is 64.5 Å². The van der Waals surface area contributed by atoms with Crippen LogP contribution >= 0.6 is 11.6 Å². The molecular formula is C15H15ClN2O3. The highest BCUT2D eigenvalue weighted by atomic mass is 35.5. The molecule has 1 aromatic carbocycles. The lowest BCUT2D eigenvalue weighted by molar-refractivity contribution is 0.170. The molecule has 5 nitrogen and oxygen atoms in total. The lowest BCUT2D eigenvalue weighted by atomic mass is 9.96. The highest BCUT2D eigenvalue weighted by molar-refractivity contribution is 6.29. The lowest BCUT2D eigenvalue weighted by Crippen LogP contribution is -2.15. The Bertz CT molecular complexity index is 659. The van der Waals surface area contributed by atoms with Crippen LogP contribution < -0.4 is 4.74 Å². The number of benzene rings is 1. The van der Waals surface area contributed by atoms with Gasteiger partial charge in [0, 0.05) is 24.2 Å². The van der Waals surface area contributed by atoms with Gasteiger partial charge in [-0.15, -0.1) is 10.2 Å². The zero-order valence-electron chi connectivity index (χ0n) is 11.5. The van der Waals surface area contributed by atoms with Crippen molar-refractivity contribution in [1.29, 1.82) is 0 Å². The SMILES string of the molecule is COCC1(c2ccccc2Oc2nnc(Cl)cc2O)CC1. The molecular weight excluding hydrogens is 292 g/mol. The highest BCUT2D eigenvalue weighted by Crippen LogP contribution is 2.52. The third-order valence-corrected chi connectivity index (χ3v) is 3.84. The molecule has 21 heavy (non-hydrogen) atoms. The van der Waals surface area contributed by atoms with Gasteiger partial charge in [-0.3, -0.25) is 0 Å². The fraction of sp³-hybridized carbons (Fsp3) is 0.333. The summed E-state index contributed by atoms with van der Waals surface area (Å²) in [6.07, 6.45) is 2.11. The van der Waals surface area contributed by atoms with Crippen molar-refractivity contribution in [3.05, 3.63) is 41.0 Å². The number of aromatic nitrogens is 2. The molecule has 1 aromatic heterocycles. The first-order valence-electron chi connectivity index (χ1n) is 6.63. The number of methoxy groups -OCH3 is 1. The molecule has 0 aliphatic heterocycles. The number of ether oxygens (including phenoxy) is 2. The van der Waals surface area contributed by atoms with Gasteiger partial charge in [-0.2, -0.15) is 0 Å². The summed E-state index contributed by atoms with van der Waals surface area (Å²) in [6, 6.07) is 9.00. The number of para-hydroxylation sites is 1. The van der Waals surface area contributed by atoms with Crippen molar-refractivity contribution in [2.45, 2.75) is 18.3 Å². The van der Waals surface area contributed by atoms with E-state index in [-0.39, 0.29) is 22.2 Å². The van der Waals surface area contributed by atoms with Gasteiger partial charge in [-0.05, 0) is 18.9 Å². The summed E-state index contributed by atoms with van der Waals surface area (Å²) in [5.41, 5.74) is 1.06. The maximum atomic E-state index is 9.83. The number of rotatable bonds is 5. The van der Waals surface area contributed by atoms with E-state index in [0.29, 0.717) is 12.4 Å². The molecule has 110 valence electrons. The van der Waals surface area contributed by atoms with Crippen molar-refractivity contribution in [2.75, 3.05) is 13.7 Å². The maximum Gasteiger partial charge on any atom is 0.281 e. The van der Waals surface area contributed by atoms with E-state index in [1.54, 1.807) is 7.11 Å². The molecule has 0 radical (unpaired) electrons. The van der Waals surface area contributed by atoms with Crippen molar-refractivity contribution in [3.63, 3.8) is 0 Å². The number of hydrogen-bond acceptors (Lipinski definition) is 5. The Hall–Kier alpha value is -1.85. The molecule has 1 aliphatic carbocycles. The molecule has 1 aliphatic rings. The number of hydrogen-bond donors (Lipinski definition) is 1. The first kappa shape index (κ1) is 14.1. The summed E-state index contributed by atoms with van der Waals surface area (Å²) in [5, 5.41) is 17.4. The zero-order chi connectivity index (χ0) is 14.9. The molecule has 1 heterocycles. The second kappa shape index (κ2) is 5.50. The highest BCUT2D eigenvalue weighted by Gasteiger charge is 2.46. The Morgan fingerprint density at radius 3 is 2.71 bits per heavy atom. The molecule has 1 saturated carbocycles. The molecule has 0 amide bonds. The van der Waals surface area contributed by atoms with Gasteiger partial charge in [-0.1, -0.05) is 29.8 Å². The summed E-state index contributed by atoms with van der Waals surface area (Å²) in [4.78, 5) is 0. The monoisotopic (exact) mass is 306 g/mol. The van der Waals surface area contributed by atoms with Gasteiger partial charge >= 0.3 is 0 Å². The minimum atomic E-state index is -0.138. The third kappa shape index (κ3) is 2.80. The fourth-order valence-electron chi connectivity index (χ4n) is 2.44. The van der Waals surface area contributed by atoms with Crippen molar-refractivity contribution < 1.29 is 14.6 Å². The second-order valence-corrected chi connectivity index (χ2v) is 5.56. The Morgan fingerprint density at radius 2 is 2.05 bits per heavy atom. The molecule has 0 saturated heterocycles. The van der Waals surface area contributed by atoms with Crippen LogP contribution in [0.3, 0.4) is 0 Å². The van der Waals surface area contributed by atoms with Gasteiger partial charge in [0.2, 0.25) is 0 Å². The van der Waals surface area contributed by atoms with Gasteiger partial charge in [-0.25, -0.2) is 0 Å². The average Bonchev–Trinajstić information content (AvgIpc) is 3.24. The molecule has 0 spiro atoms. The largest absolute Gasteiger partial charge is 0.503 e. The minimum absolute atomic E-state index is 0.000810. The van der Waals surface area contributed by atoms with Crippen LogP contribution in [0, 0.1) is 0 Å². The van der Waals surface area contributed by atoms with Crippen LogP contribution in [-0.4, -0.2) is 29.0 Å². The van der Waals surface area contributed by atoms with Crippen molar-refractivity contribution in [1.82, 2.24) is 10.2 Å². The second-order valence-electron chi connectivity index (χ2n) is 5.17. The maximum absolute atomic E-state index is 9.83. The molecule has 2 aromatic rings. The fourth-order valence-corrected chi connectivity index (χ4v) is 2.58. The molecule has 0 bridgehead atoms. The van der Waals surface area contributed by atoms with E-state index >= 15 is 0 Å². The summed E-state index contributed by atoms with van der Waals surface area (Å²) in [7, 11) is 1.69. The van der Waals surface area contributed by atoms with E-state index in [1.807, 2.05) is 24.3 Å².